The minimum absolute atomic E-state index is 0.481. The van der Waals surface area contributed by atoms with Crippen LogP contribution in [-0.4, -0.2) is 17.2 Å². The minimum atomic E-state index is -0.735. The summed E-state index contributed by atoms with van der Waals surface area (Å²) >= 11 is 6.04. The second-order valence-electron chi connectivity index (χ2n) is 4.09. The zero-order valence-corrected chi connectivity index (χ0v) is 11.0. The van der Waals surface area contributed by atoms with Gasteiger partial charge in [-0.3, -0.25) is 4.98 Å². The van der Waals surface area contributed by atoms with Gasteiger partial charge in [-0.2, -0.15) is 0 Å². The van der Waals surface area contributed by atoms with E-state index in [1.54, 1.807) is 37.7 Å². The first-order valence-electron chi connectivity index (χ1n) is 5.55. The quantitative estimate of drug-likeness (QED) is 0.925. The van der Waals surface area contributed by atoms with Crippen molar-refractivity contribution >= 4 is 11.6 Å². The zero-order valence-electron chi connectivity index (χ0n) is 10.2. The molecule has 0 fully saturated rings. The summed E-state index contributed by atoms with van der Waals surface area (Å²) in [5.74, 6) is 0.593. The molecule has 2 rings (SSSR count). The number of aromatic nitrogens is 1. The van der Waals surface area contributed by atoms with Crippen LogP contribution in [0, 0.1) is 6.92 Å². The summed E-state index contributed by atoms with van der Waals surface area (Å²) in [6.45, 7) is 1.93. The van der Waals surface area contributed by atoms with Crippen molar-refractivity contribution in [2.24, 2.45) is 0 Å². The maximum absolute atomic E-state index is 10.3. The highest BCUT2D eigenvalue weighted by Gasteiger charge is 2.13. The lowest BCUT2D eigenvalue weighted by Crippen LogP contribution is -2.01. The Balaban J connectivity index is 2.34. The van der Waals surface area contributed by atoms with Gasteiger partial charge in [-0.15, -0.1) is 0 Å². The van der Waals surface area contributed by atoms with Crippen LogP contribution in [0.3, 0.4) is 0 Å². The normalized spacial score (nSPS) is 12.2. The molecule has 0 aliphatic heterocycles. The van der Waals surface area contributed by atoms with Gasteiger partial charge in [0.15, 0.2) is 0 Å². The van der Waals surface area contributed by atoms with E-state index in [1.165, 1.54) is 0 Å². The maximum Gasteiger partial charge on any atom is 0.137 e. The summed E-state index contributed by atoms with van der Waals surface area (Å²) in [6, 6.07) is 7.13. The highest BCUT2D eigenvalue weighted by molar-refractivity contribution is 6.32. The standard InChI is InChI=1S/C14H14ClNO2/c1-9-5-11(8-16-7-9)14(17)10-3-4-13(18-2)12(15)6-10/h3-8,14,17H,1-2H3. The van der Waals surface area contributed by atoms with Crippen LogP contribution in [0.1, 0.15) is 22.8 Å². The summed E-state index contributed by atoms with van der Waals surface area (Å²) in [6.07, 6.45) is 2.66. The Bertz CT molecular complexity index is 557. The molecule has 0 saturated heterocycles. The average molecular weight is 264 g/mol. The number of hydrogen-bond acceptors (Lipinski definition) is 3. The molecule has 0 aliphatic carbocycles. The molecular weight excluding hydrogens is 250 g/mol. The third-order valence-corrected chi connectivity index (χ3v) is 3.00. The number of methoxy groups -OCH3 is 1. The van der Waals surface area contributed by atoms with Gasteiger partial charge in [0.1, 0.15) is 11.9 Å². The van der Waals surface area contributed by atoms with E-state index in [0.29, 0.717) is 16.3 Å². The fourth-order valence-corrected chi connectivity index (χ4v) is 2.04. The van der Waals surface area contributed by atoms with Gasteiger partial charge in [-0.05, 0) is 30.2 Å². The fourth-order valence-electron chi connectivity index (χ4n) is 1.77. The molecule has 4 heteroatoms. The van der Waals surface area contributed by atoms with Gasteiger partial charge in [0, 0.05) is 18.0 Å². The van der Waals surface area contributed by atoms with Crippen molar-refractivity contribution in [3.05, 3.63) is 58.4 Å². The summed E-state index contributed by atoms with van der Waals surface area (Å²) < 4.78 is 5.08. The van der Waals surface area contributed by atoms with E-state index in [4.69, 9.17) is 16.3 Å². The van der Waals surface area contributed by atoms with Gasteiger partial charge in [0.2, 0.25) is 0 Å². The monoisotopic (exact) mass is 263 g/mol. The van der Waals surface area contributed by atoms with E-state index < -0.39 is 6.10 Å². The Morgan fingerprint density at radius 1 is 1.22 bits per heavy atom. The van der Waals surface area contributed by atoms with Crippen molar-refractivity contribution in [1.29, 1.82) is 0 Å². The van der Waals surface area contributed by atoms with Crippen LogP contribution in [0.5, 0.6) is 5.75 Å². The average Bonchev–Trinajstić information content (AvgIpc) is 2.37. The summed E-state index contributed by atoms with van der Waals surface area (Å²) in [5, 5.41) is 10.7. The van der Waals surface area contributed by atoms with Gasteiger partial charge in [0.05, 0.1) is 12.1 Å². The first-order chi connectivity index (χ1) is 8.61. The number of aliphatic hydroxyl groups excluding tert-OH is 1. The Kier molecular flexibility index (Phi) is 3.84. The lowest BCUT2D eigenvalue weighted by atomic mass is 10.0. The molecule has 0 spiro atoms. The lowest BCUT2D eigenvalue weighted by Gasteiger charge is -2.13. The van der Waals surface area contributed by atoms with E-state index in [-0.39, 0.29) is 0 Å². The van der Waals surface area contributed by atoms with E-state index >= 15 is 0 Å². The fraction of sp³-hybridized carbons (Fsp3) is 0.214. The van der Waals surface area contributed by atoms with Crippen LogP contribution in [0.2, 0.25) is 5.02 Å². The van der Waals surface area contributed by atoms with Crippen LogP contribution in [0.25, 0.3) is 0 Å². The molecule has 1 atom stereocenters. The summed E-state index contributed by atoms with van der Waals surface area (Å²) in [5.41, 5.74) is 2.47. The van der Waals surface area contributed by atoms with Crippen molar-refractivity contribution in [3.8, 4) is 5.75 Å². The first-order valence-corrected chi connectivity index (χ1v) is 5.92. The number of halogens is 1. The van der Waals surface area contributed by atoms with Crippen LogP contribution in [0.15, 0.2) is 36.7 Å². The number of hydrogen-bond donors (Lipinski definition) is 1. The smallest absolute Gasteiger partial charge is 0.137 e. The van der Waals surface area contributed by atoms with Crippen molar-refractivity contribution in [2.75, 3.05) is 7.11 Å². The molecule has 0 bridgehead atoms. The van der Waals surface area contributed by atoms with E-state index in [1.807, 2.05) is 13.0 Å². The van der Waals surface area contributed by atoms with Gasteiger partial charge in [-0.25, -0.2) is 0 Å². The molecule has 0 saturated carbocycles. The molecule has 0 radical (unpaired) electrons. The van der Waals surface area contributed by atoms with Crippen LogP contribution in [-0.2, 0) is 0 Å². The van der Waals surface area contributed by atoms with Gasteiger partial charge in [0.25, 0.3) is 0 Å². The van der Waals surface area contributed by atoms with Gasteiger partial charge < -0.3 is 9.84 Å². The lowest BCUT2D eigenvalue weighted by molar-refractivity contribution is 0.219. The number of aryl methyl sites for hydroxylation is 1. The van der Waals surface area contributed by atoms with Crippen molar-refractivity contribution in [3.63, 3.8) is 0 Å². The molecule has 1 aromatic heterocycles. The second kappa shape index (κ2) is 5.38. The largest absolute Gasteiger partial charge is 0.495 e. The number of rotatable bonds is 3. The van der Waals surface area contributed by atoms with Crippen molar-refractivity contribution in [2.45, 2.75) is 13.0 Å². The molecule has 2 aromatic rings. The maximum atomic E-state index is 10.3. The number of benzene rings is 1. The van der Waals surface area contributed by atoms with Crippen LogP contribution in [0.4, 0.5) is 0 Å². The topological polar surface area (TPSA) is 42.4 Å². The molecule has 18 heavy (non-hydrogen) atoms. The summed E-state index contributed by atoms with van der Waals surface area (Å²) in [4.78, 5) is 4.07. The molecule has 1 aromatic carbocycles. The van der Waals surface area contributed by atoms with Crippen LogP contribution < -0.4 is 4.74 Å². The molecule has 0 amide bonds. The van der Waals surface area contributed by atoms with Gasteiger partial charge in [-0.1, -0.05) is 23.7 Å². The Labute approximate surface area is 111 Å². The number of aliphatic hydroxyl groups is 1. The zero-order chi connectivity index (χ0) is 13.1. The Morgan fingerprint density at radius 2 is 2.00 bits per heavy atom. The highest BCUT2D eigenvalue weighted by atomic mass is 35.5. The highest BCUT2D eigenvalue weighted by Crippen LogP contribution is 2.30. The first kappa shape index (κ1) is 12.9. The second-order valence-corrected chi connectivity index (χ2v) is 4.50. The van der Waals surface area contributed by atoms with E-state index in [9.17, 15) is 5.11 Å². The van der Waals surface area contributed by atoms with Crippen LogP contribution >= 0.6 is 11.6 Å². The number of nitrogens with zero attached hydrogens (tertiary/aromatic N) is 1. The molecule has 1 unspecified atom stereocenters. The predicted octanol–water partition coefficient (Wildman–Crippen LogP) is 3.13. The molecule has 3 nitrogen and oxygen atoms in total. The van der Waals surface area contributed by atoms with Gasteiger partial charge >= 0.3 is 0 Å². The number of pyridine rings is 1. The molecule has 1 heterocycles. The Morgan fingerprint density at radius 3 is 2.61 bits per heavy atom. The predicted molar refractivity (Wildman–Crippen MR) is 71.0 cm³/mol. The third-order valence-electron chi connectivity index (χ3n) is 2.70. The third kappa shape index (κ3) is 2.63. The molecule has 94 valence electrons. The minimum Gasteiger partial charge on any atom is -0.495 e. The molecule has 0 aliphatic rings. The number of ether oxygens (including phenoxy) is 1. The summed E-state index contributed by atoms with van der Waals surface area (Å²) in [7, 11) is 1.56. The Hall–Kier alpha value is -1.58. The molecular formula is C14H14ClNO2. The van der Waals surface area contributed by atoms with Crippen molar-refractivity contribution < 1.29 is 9.84 Å². The van der Waals surface area contributed by atoms with Crippen molar-refractivity contribution in [1.82, 2.24) is 4.98 Å². The SMILES string of the molecule is COc1ccc(C(O)c2cncc(C)c2)cc1Cl. The van der Waals surface area contributed by atoms with E-state index in [0.717, 1.165) is 11.1 Å². The molecule has 1 N–H and O–H groups in total. The van der Waals surface area contributed by atoms with E-state index in [2.05, 4.69) is 4.98 Å².